The summed E-state index contributed by atoms with van der Waals surface area (Å²) < 4.78 is 5.06. The number of hydrogen-bond acceptors (Lipinski definition) is 3. The van der Waals surface area contributed by atoms with Crippen LogP contribution in [0.1, 0.15) is 51.4 Å². The van der Waals surface area contributed by atoms with Gasteiger partial charge in [-0.1, -0.05) is 12.8 Å². The molecule has 0 radical (unpaired) electrons. The Morgan fingerprint density at radius 3 is 2.71 bits per heavy atom. The third-order valence-corrected chi connectivity index (χ3v) is 5.09. The molecule has 1 aliphatic carbocycles. The molecular formula is C18H34N4O2. The molecule has 0 aromatic carbocycles. The minimum atomic E-state index is 0.285. The second-order valence-corrected chi connectivity index (χ2v) is 6.95. The van der Waals surface area contributed by atoms with Gasteiger partial charge in [-0.25, -0.2) is 0 Å². The first-order chi connectivity index (χ1) is 11.7. The Morgan fingerprint density at radius 1 is 1.21 bits per heavy atom. The highest BCUT2D eigenvalue weighted by atomic mass is 16.5. The molecule has 1 saturated heterocycles. The summed E-state index contributed by atoms with van der Waals surface area (Å²) in [6, 6.07) is 0.315. The molecule has 1 atom stereocenters. The average molecular weight is 338 g/mol. The van der Waals surface area contributed by atoms with Gasteiger partial charge < -0.3 is 20.3 Å². The van der Waals surface area contributed by atoms with Crippen LogP contribution in [0, 0.1) is 5.92 Å². The molecule has 6 nitrogen and oxygen atoms in total. The van der Waals surface area contributed by atoms with E-state index in [-0.39, 0.29) is 5.92 Å². The Morgan fingerprint density at radius 2 is 2.00 bits per heavy atom. The standard InChI is InChI=1S/C18H34N4O2/c1-19-18(20-11-6-3-7-13-24-2)21-16-10-12-22(14-16)17(23)15-8-4-5-9-15/h15-16H,3-14H2,1-2H3,(H2,19,20,21). The van der Waals surface area contributed by atoms with Crippen LogP contribution in [0.2, 0.25) is 0 Å². The van der Waals surface area contributed by atoms with E-state index in [0.717, 1.165) is 70.7 Å². The number of nitrogens with one attached hydrogen (secondary N) is 2. The Bertz CT molecular complexity index is 408. The SMILES string of the molecule is CN=C(NCCCCCOC)NC1CCN(C(=O)C2CCCC2)C1. The lowest BCUT2D eigenvalue weighted by molar-refractivity contribution is -0.134. The molecule has 1 saturated carbocycles. The van der Waals surface area contributed by atoms with Crippen molar-refractivity contribution in [2.75, 3.05) is 40.4 Å². The van der Waals surface area contributed by atoms with Crippen LogP contribution < -0.4 is 10.6 Å². The molecule has 2 fully saturated rings. The van der Waals surface area contributed by atoms with Crippen LogP contribution >= 0.6 is 0 Å². The van der Waals surface area contributed by atoms with E-state index in [9.17, 15) is 4.79 Å². The molecule has 24 heavy (non-hydrogen) atoms. The molecule has 1 unspecified atom stereocenters. The molecular weight excluding hydrogens is 304 g/mol. The van der Waals surface area contributed by atoms with Crippen LogP contribution in [0.15, 0.2) is 4.99 Å². The van der Waals surface area contributed by atoms with Gasteiger partial charge in [-0.2, -0.15) is 0 Å². The van der Waals surface area contributed by atoms with Crippen molar-refractivity contribution in [3.8, 4) is 0 Å². The maximum Gasteiger partial charge on any atom is 0.225 e. The summed E-state index contributed by atoms with van der Waals surface area (Å²) in [5.74, 6) is 1.51. The molecule has 0 spiro atoms. The largest absolute Gasteiger partial charge is 0.385 e. The molecule has 2 N–H and O–H groups in total. The van der Waals surface area contributed by atoms with Gasteiger partial charge in [0.1, 0.15) is 0 Å². The monoisotopic (exact) mass is 338 g/mol. The van der Waals surface area contributed by atoms with Crippen molar-refractivity contribution in [1.29, 1.82) is 0 Å². The predicted octanol–water partition coefficient (Wildman–Crippen LogP) is 1.76. The maximum atomic E-state index is 12.5. The summed E-state index contributed by atoms with van der Waals surface area (Å²) in [7, 11) is 3.54. The van der Waals surface area contributed by atoms with E-state index in [1.54, 1.807) is 14.2 Å². The van der Waals surface area contributed by atoms with Gasteiger partial charge >= 0.3 is 0 Å². The fraction of sp³-hybridized carbons (Fsp3) is 0.889. The summed E-state index contributed by atoms with van der Waals surface area (Å²) in [4.78, 5) is 18.8. The highest BCUT2D eigenvalue weighted by molar-refractivity contribution is 5.81. The van der Waals surface area contributed by atoms with E-state index < -0.39 is 0 Å². The fourth-order valence-corrected chi connectivity index (χ4v) is 3.65. The van der Waals surface area contributed by atoms with Crippen molar-refractivity contribution < 1.29 is 9.53 Å². The highest BCUT2D eigenvalue weighted by Gasteiger charge is 2.32. The molecule has 2 aliphatic rings. The smallest absolute Gasteiger partial charge is 0.225 e. The van der Waals surface area contributed by atoms with Crippen LogP contribution in [0.3, 0.4) is 0 Å². The Balaban J connectivity index is 1.64. The fourth-order valence-electron chi connectivity index (χ4n) is 3.65. The van der Waals surface area contributed by atoms with Crippen LogP contribution in [0.25, 0.3) is 0 Å². The van der Waals surface area contributed by atoms with Crippen molar-refractivity contribution in [3.63, 3.8) is 0 Å². The third-order valence-electron chi connectivity index (χ3n) is 5.09. The van der Waals surface area contributed by atoms with Crippen molar-refractivity contribution in [3.05, 3.63) is 0 Å². The van der Waals surface area contributed by atoms with Gasteiger partial charge in [0.05, 0.1) is 0 Å². The lowest BCUT2D eigenvalue weighted by atomic mass is 10.1. The van der Waals surface area contributed by atoms with Gasteiger partial charge in [-0.15, -0.1) is 0 Å². The van der Waals surface area contributed by atoms with Crippen LogP contribution in [0.4, 0.5) is 0 Å². The summed E-state index contributed by atoms with van der Waals surface area (Å²) in [6.07, 6.45) is 8.98. The molecule has 0 aromatic heterocycles. The molecule has 1 amide bonds. The normalized spacial score (nSPS) is 22.2. The predicted molar refractivity (Wildman–Crippen MR) is 97.2 cm³/mol. The zero-order valence-electron chi connectivity index (χ0n) is 15.4. The Hall–Kier alpha value is -1.30. The Labute approximate surface area is 146 Å². The molecule has 0 bridgehead atoms. The van der Waals surface area contributed by atoms with Crippen LogP contribution in [0.5, 0.6) is 0 Å². The van der Waals surface area contributed by atoms with E-state index in [0.29, 0.717) is 11.9 Å². The zero-order chi connectivity index (χ0) is 17.2. The maximum absolute atomic E-state index is 12.5. The molecule has 0 aromatic rings. The average Bonchev–Trinajstić information content (AvgIpc) is 3.28. The molecule has 138 valence electrons. The van der Waals surface area contributed by atoms with Gasteiger partial charge in [0, 0.05) is 52.4 Å². The summed E-state index contributed by atoms with van der Waals surface area (Å²) in [6.45, 7) is 3.44. The lowest BCUT2D eigenvalue weighted by Crippen LogP contribution is -2.45. The molecule has 2 rings (SSSR count). The molecule has 6 heteroatoms. The highest BCUT2D eigenvalue weighted by Crippen LogP contribution is 2.27. The number of unbranched alkanes of at least 4 members (excludes halogenated alkanes) is 2. The first-order valence-electron chi connectivity index (χ1n) is 9.49. The van der Waals surface area contributed by atoms with E-state index in [4.69, 9.17) is 4.74 Å². The summed E-state index contributed by atoms with van der Waals surface area (Å²) >= 11 is 0. The first-order valence-corrected chi connectivity index (χ1v) is 9.49. The van der Waals surface area contributed by atoms with Gasteiger partial charge in [0.25, 0.3) is 0 Å². The third kappa shape index (κ3) is 5.96. The topological polar surface area (TPSA) is 66.0 Å². The zero-order valence-corrected chi connectivity index (χ0v) is 15.4. The number of amides is 1. The van der Waals surface area contributed by atoms with E-state index in [1.165, 1.54) is 12.8 Å². The van der Waals surface area contributed by atoms with Gasteiger partial charge in [-0.05, 0) is 38.5 Å². The van der Waals surface area contributed by atoms with E-state index in [2.05, 4.69) is 15.6 Å². The van der Waals surface area contributed by atoms with Crippen molar-refractivity contribution in [2.24, 2.45) is 10.9 Å². The number of nitrogens with zero attached hydrogens (tertiary/aromatic N) is 2. The lowest BCUT2D eigenvalue weighted by Gasteiger charge is -2.21. The number of carbonyl (C=O) groups is 1. The molecule has 1 aliphatic heterocycles. The number of rotatable bonds is 8. The quantitative estimate of drug-likeness (QED) is 0.402. The summed E-state index contributed by atoms with van der Waals surface area (Å²) in [5, 5.41) is 6.83. The number of likely N-dealkylation sites (tertiary alicyclic amines) is 1. The summed E-state index contributed by atoms with van der Waals surface area (Å²) in [5.41, 5.74) is 0. The molecule has 1 heterocycles. The number of ether oxygens (including phenoxy) is 1. The second kappa shape index (κ2) is 10.5. The van der Waals surface area contributed by atoms with Gasteiger partial charge in [-0.3, -0.25) is 9.79 Å². The minimum Gasteiger partial charge on any atom is -0.385 e. The van der Waals surface area contributed by atoms with Crippen molar-refractivity contribution >= 4 is 11.9 Å². The number of carbonyl (C=O) groups excluding carboxylic acids is 1. The Kier molecular flexibility index (Phi) is 8.36. The van der Waals surface area contributed by atoms with E-state index >= 15 is 0 Å². The second-order valence-electron chi connectivity index (χ2n) is 6.95. The van der Waals surface area contributed by atoms with Crippen LogP contribution in [-0.2, 0) is 9.53 Å². The van der Waals surface area contributed by atoms with Gasteiger partial charge in [0.15, 0.2) is 5.96 Å². The number of aliphatic imine (C=N–C) groups is 1. The van der Waals surface area contributed by atoms with Gasteiger partial charge in [0.2, 0.25) is 5.91 Å². The van der Waals surface area contributed by atoms with E-state index in [1.807, 2.05) is 4.90 Å². The van der Waals surface area contributed by atoms with Crippen LogP contribution in [-0.4, -0.2) is 63.2 Å². The number of methoxy groups -OCH3 is 1. The number of guanidine groups is 1. The van der Waals surface area contributed by atoms with Crippen molar-refractivity contribution in [1.82, 2.24) is 15.5 Å². The minimum absolute atomic E-state index is 0.285. The number of hydrogen-bond donors (Lipinski definition) is 2. The van der Waals surface area contributed by atoms with Crippen molar-refractivity contribution in [2.45, 2.75) is 57.4 Å². The first kappa shape index (κ1) is 19.0.